The topological polar surface area (TPSA) is 78.0 Å². The largest absolute Gasteiger partial charge is 0.332 e. The first-order valence-corrected chi connectivity index (χ1v) is 13.1. The predicted molar refractivity (Wildman–Crippen MR) is 134 cm³/mol. The summed E-state index contributed by atoms with van der Waals surface area (Å²) in [6, 6.07) is 11.9. The van der Waals surface area contributed by atoms with Gasteiger partial charge in [-0.1, -0.05) is 60.7 Å². The summed E-state index contributed by atoms with van der Waals surface area (Å²) in [5.41, 5.74) is -0.510. The standard InChI is InChI=1S/C27H25Cl2N3O4/c1-27-21-20(23(33)30(24(21)34)18-7-3-2-4-8-18)22(15-10-12-16(28)13-11-15)32(27)26(36)31(25(27)35)19-9-5-6-17(29)14-19/h5-6,9-14,18,20-22H,2-4,7-8H2,1H3/t20-,21-,22-,27-/m1/s1. The summed E-state index contributed by atoms with van der Waals surface area (Å²) in [6.07, 6.45) is 4.54. The SMILES string of the molecule is C[C@@]12C(=O)N(c3cccc(Cl)c3)C(=O)N1[C@H](c1ccc(Cl)cc1)[C@@H]1C(=O)N(C3CCCCC3)C(=O)[C@@H]12. The highest BCUT2D eigenvalue weighted by Crippen LogP contribution is 2.59. The minimum absolute atomic E-state index is 0.163. The van der Waals surface area contributed by atoms with Crippen LogP contribution in [0.15, 0.2) is 48.5 Å². The van der Waals surface area contributed by atoms with Gasteiger partial charge in [0.1, 0.15) is 5.54 Å². The first-order chi connectivity index (χ1) is 17.2. The summed E-state index contributed by atoms with van der Waals surface area (Å²) >= 11 is 12.3. The molecule has 3 aliphatic heterocycles. The van der Waals surface area contributed by atoms with Gasteiger partial charge in [0.2, 0.25) is 11.8 Å². The maximum Gasteiger partial charge on any atom is 0.332 e. The fourth-order valence-electron chi connectivity index (χ4n) is 6.76. The van der Waals surface area contributed by atoms with E-state index in [0.717, 1.165) is 37.0 Å². The lowest BCUT2D eigenvalue weighted by atomic mass is 9.80. The van der Waals surface area contributed by atoms with Gasteiger partial charge in [-0.2, -0.15) is 0 Å². The molecule has 0 spiro atoms. The molecule has 5 amide bonds. The van der Waals surface area contributed by atoms with Gasteiger partial charge in [-0.25, -0.2) is 9.69 Å². The fourth-order valence-corrected chi connectivity index (χ4v) is 7.07. The van der Waals surface area contributed by atoms with Gasteiger partial charge in [0.05, 0.1) is 23.6 Å². The van der Waals surface area contributed by atoms with Crippen LogP contribution in [-0.2, 0) is 14.4 Å². The number of amides is 5. The zero-order valence-corrected chi connectivity index (χ0v) is 21.2. The van der Waals surface area contributed by atoms with E-state index in [9.17, 15) is 19.2 Å². The Labute approximate surface area is 218 Å². The number of hydrogen-bond donors (Lipinski definition) is 0. The summed E-state index contributed by atoms with van der Waals surface area (Å²) in [6.45, 7) is 1.63. The molecule has 2 aromatic rings. The highest BCUT2D eigenvalue weighted by molar-refractivity contribution is 6.32. The Hall–Kier alpha value is -2.90. The lowest BCUT2D eigenvalue weighted by Gasteiger charge is -2.35. The van der Waals surface area contributed by atoms with Crippen molar-refractivity contribution in [3.05, 3.63) is 64.1 Å². The lowest BCUT2D eigenvalue weighted by molar-refractivity contribution is -0.147. The molecule has 0 aromatic heterocycles. The Bertz CT molecular complexity index is 1290. The van der Waals surface area contributed by atoms with E-state index in [0.29, 0.717) is 21.3 Å². The van der Waals surface area contributed by atoms with Crippen LogP contribution in [0.2, 0.25) is 10.0 Å². The highest BCUT2D eigenvalue weighted by atomic mass is 35.5. The number of hydrogen-bond acceptors (Lipinski definition) is 4. The molecule has 0 bridgehead atoms. The molecule has 9 heteroatoms. The van der Waals surface area contributed by atoms with Crippen molar-refractivity contribution >= 4 is 52.6 Å². The third-order valence-corrected chi connectivity index (χ3v) is 8.85. The van der Waals surface area contributed by atoms with Crippen LogP contribution in [0.3, 0.4) is 0 Å². The van der Waals surface area contributed by atoms with E-state index in [2.05, 4.69) is 0 Å². The number of rotatable bonds is 3. The van der Waals surface area contributed by atoms with E-state index >= 15 is 0 Å². The molecular formula is C27H25Cl2N3O4. The second-order valence-corrected chi connectivity index (χ2v) is 11.1. The molecule has 186 valence electrons. The van der Waals surface area contributed by atoms with Crippen LogP contribution in [0.5, 0.6) is 0 Å². The highest BCUT2D eigenvalue weighted by Gasteiger charge is 2.76. The molecule has 0 N–H and O–H groups in total. The number of urea groups is 1. The molecule has 0 unspecified atom stereocenters. The molecule has 1 aliphatic carbocycles. The number of halogens is 2. The lowest BCUT2D eigenvalue weighted by Crippen LogP contribution is -2.52. The number of likely N-dealkylation sites (tertiary alicyclic amines) is 1. The summed E-state index contributed by atoms with van der Waals surface area (Å²) < 4.78 is 0. The maximum atomic E-state index is 14.1. The third kappa shape index (κ3) is 3.12. The average molecular weight is 526 g/mol. The molecule has 0 radical (unpaired) electrons. The zero-order valence-electron chi connectivity index (χ0n) is 19.7. The van der Waals surface area contributed by atoms with Gasteiger partial charge >= 0.3 is 6.03 Å². The van der Waals surface area contributed by atoms with Crippen molar-refractivity contribution in [3.63, 3.8) is 0 Å². The molecule has 3 saturated heterocycles. The molecule has 4 fully saturated rings. The minimum atomic E-state index is -1.51. The van der Waals surface area contributed by atoms with Gasteiger partial charge in [-0.05, 0) is 55.7 Å². The summed E-state index contributed by atoms with van der Waals surface area (Å²) in [7, 11) is 0. The summed E-state index contributed by atoms with van der Waals surface area (Å²) in [5.74, 6) is -2.96. The van der Waals surface area contributed by atoms with Crippen molar-refractivity contribution in [2.24, 2.45) is 11.8 Å². The fraction of sp³-hybridized carbons (Fsp3) is 0.407. The van der Waals surface area contributed by atoms with Crippen LogP contribution >= 0.6 is 23.2 Å². The molecule has 3 heterocycles. The summed E-state index contributed by atoms with van der Waals surface area (Å²) in [5, 5.41) is 0.895. The van der Waals surface area contributed by atoms with Crippen LogP contribution in [0.4, 0.5) is 10.5 Å². The third-order valence-electron chi connectivity index (χ3n) is 8.36. The number of anilines is 1. The van der Waals surface area contributed by atoms with Gasteiger partial charge in [0, 0.05) is 16.1 Å². The average Bonchev–Trinajstić information content (AvgIpc) is 3.37. The molecule has 7 nitrogen and oxygen atoms in total. The number of fused-ring (bicyclic) bond motifs is 3. The molecule has 1 saturated carbocycles. The second-order valence-electron chi connectivity index (χ2n) is 10.3. The monoisotopic (exact) mass is 525 g/mol. The Morgan fingerprint density at radius 2 is 1.56 bits per heavy atom. The van der Waals surface area contributed by atoms with Gasteiger partial charge in [-0.15, -0.1) is 0 Å². The van der Waals surface area contributed by atoms with Crippen molar-refractivity contribution in [1.29, 1.82) is 0 Å². The van der Waals surface area contributed by atoms with Crippen molar-refractivity contribution in [2.75, 3.05) is 4.90 Å². The summed E-state index contributed by atoms with van der Waals surface area (Å²) in [4.78, 5) is 59.8. The van der Waals surface area contributed by atoms with E-state index < -0.39 is 35.4 Å². The first kappa shape index (κ1) is 23.5. The number of nitrogens with zero attached hydrogens (tertiary/aromatic N) is 3. The number of carbonyl (C=O) groups is 4. The Balaban J connectivity index is 1.50. The van der Waals surface area contributed by atoms with Gasteiger partial charge in [-0.3, -0.25) is 19.3 Å². The van der Waals surface area contributed by atoms with Crippen molar-refractivity contribution in [1.82, 2.24) is 9.80 Å². The van der Waals surface area contributed by atoms with Crippen molar-refractivity contribution in [3.8, 4) is 0 Å². The second kappa shape index (κ2) is 8.32. The number of benzene rings is 2. The van der Waals surface area contributed by atoms with Gasteiger partial charge in [0.25, 0.3) is 5.91 Å². The van der Waals surface area contributed by atoms with Crippen LogP contribution < -0.4 is 4.90 Å². The van der Waals surface area contributed by atoms with Crippen LogP contribution in [0.1, 0.15) is 50.6 Å². The van der Waals surface area contributed by atoms with Gasteiger partial charge < -0.3 is 4.90 Å². The van der Waals surface area contributed by atoms with E-state index in [1.807, 2.05) is 0 Å². The first-order valence-electron chi connectivity index (χ1n) is 12.3. The molecule has 4 aliphatic rings. The van der Waals surface area contributed by atoms with E-state index in [4.69, 9.17) is 23.2 Å². The Kier molecular flexibility index (Phi) is 5.43. The van der Waals surface area contributed by atoms with Crippen LogP contribution in [-0.4, -0.2) is 45.1 Å². The van der Waals surface area contributed by atoms with E-state index in [-0.39, 0.29) is 17.9 Å². The molecule has 4 atom stereocenters. The minimum Gasteiger partial charge on any atom is -0.301 e. The van der Waals surface area contributed by atoms with Crippen molar-refractivity contribution < 1.29 is 19.2 Å². The number of imide groups is 2. The molecule has 6 rings (SSSR count). The quantitative estimate of drug-likeness (QED) is 0.407. The number of carbonyl (C=O) groups excluding carboxylic acids is 4. The van der Waals surface area contributed by atoms with Crippen LogP contribution in [0, 0.1) is 11.8 Å². The van der Waals surface area contributed by atoms with E-state index in [1.54, 1.807) is 55.5 Å². The molecule has 2 aromatic carbocycles. The molecule has 36 heavy (non-hydrogen) atoms. The normalized spacial score (nSPS) is 30.4. The van der Waals surface area contributed by atoms with Crippen molar-refractivity contribution in [2.45, 2.75) is 56.7 Å². The Morgan fingerprint density at radius 3 is 2.22 bits per heavy atom. The van der Waals surface area contributed by atoms with Crippen LogP contribution in [0.25, 0.3) is 0 Å². The van der Waals surface area contributed by atoms with Gasteiger partial charge in [0.15, 0.2) is 0 Å². The zero-order chi connectivity index (χ0) is 25.4. The van der Waals surface area contributed by atoms with E-state index in [1.165, 1.54) is 9.80 Å². The maximum absolute atomic E-state index is 14.1. The smallest absolute Gasteiger partial charge is 0.301 e. The molecular weight excluding hydrogens is 501 g/mol. The Morgan fingerprint density at radius 1 is 0.861 bits per heavy atom. The predicted octanol–water partition coefficient (Wildman–Crippen LogP) is 5.21.